The first-order valence-corrected chi connectivity index (χ1v) is 5.65. The van der Waals surface area contributed by atoms with Gasteiger partial charge in [-0.3, -0.25) is 0 Å². The first-order chi connectivity index (χ1) is 9.00. The number of hydrogen-bond acceptors (Lipinski definition) is 2. The third kappa shape index (κ3) is 3.43. The molecular formula is C12H13F6NO. The van der Waals surface area contributed by atoms with Crippen molar-refractivity contribution in [1.29, 1.82) is 0 Å². The fraction of sp³-hybridized carbons (Fsp3) is 0.500. The molecule has 0 aliphatic heterocycles. The van der Waals surface area contributed by atoms with Crippen LogP contribution in [0.2, 0.25) is 0 Å². The molecule has 2 unspecified atom stereocenters. The SMILES string of the molecule is CC(CN)C(O)c1cccc(C(F)(F)F)c1C(F)(F)F. The lowest BCUT2D eigenvalue weighted by atomic mass is 9.90. The summed E-state index contributed by atoms with van der Waals surface area (Å²) < 4.78 is 76.9. The Kier molecular flexibility index (Phi) is 4.70. The van der Waals surface area contributed by atoms with Gasteiger partial charge in [0.1, 0.15) is 0 Å². The van der Waals surface area contributed by atoms with Crippen LogP contribution in [-0.2, 0) is 12.4 Å². The van der Waals surface area contributed by atoms with Gasteiger partial charge in [-0.2, -0.15) is 26.3 Å². The van der Waals surface area contributed by atoms with Gasteiger partial charge in [0, 0.05) is 0 Å². The Morgan fingerprint density at radius 3 is 2.05 bits per heavy atom. The maximum atomic E-state index is 12.9. The summed E-state index contributed by atoms with van der Waals surface area (Å²) in [5.74, 6) is -0.806. The van der Waals surface area contributed by atoms with Crippen LogP contribution >= 0.6 is 0 Å². The monoisotopic (exact) mass is 301 g/mol. The van der Waals surface area contributed by atoms with Crippen molar-refractivity contribution < 1.29 is 31.4 Å². The minimum atomic E-state index is -5.23. The molecule has 0 bridgehead atoms. The van der Waals surface area contributed by atoms with E-state index in [4.69, 9.17) is 5.73 Å². The predicted molar refractivity (Wildman–Crippen MR) is 59.6 cm³/mol. The molecular weight excluding hydrogens is 288 g/mol. The number of halogens is 6. The molecule has 8 heteroatoms. The lowest BCUT2D eigenvalue weighted by Crippen LogP contribution is -2.24. The smallest absolute Gasteiger partial charge is 0.388 e. The highest BCUT2D eigenvalue weighted by Gasteiger charge is 2.45. The quantitative estimate of drug-likeness (QED) is 0.841. The second kappa shape index (κ2) is 5.61. The second-order valence-electron chi connectivity index (χ2n) is 4.42. The molecule has 2 nitrogen and oxygen atoms in total. The number of hydrogen-bond donors (Lipinski definition) is 2. The zero-order valence-corrected chi connectivity index (χ0v) is 10.4. The molecule has 0 aliphatic rings. The van der Waals surface area contributed by atoms with Crippen LogP contribution in [0.15, 0.2) is 18.2 Å². The van der Waals surface area contributed by atoms with Crippen molar-refractivity contribution in [2.75, 3.05) is 6.54 Å². The van der Waals surface area contributed by atoms with E-state index in [9.17, 15) is 31.4 Å². The summed E-state index contributed by atoms with van der Waals surface area (Å²) in [6.07, 6.45) is -12.1. The van der Waals surface area contributed by atoms with E-state index in [0.717, 1.165) is 12.1 Å². The fourth-order valence-electron chi connectivity index (χ4n) is 1.80. The van der Waals surface area contributed by atoms with Gasteiger partial charge in [-0.1, -0.05) is 19.1 Å². The van der Waals surface area contributed by atoms with Gasteiger partial charge in [-0.25, -0.2) is 0 Å². The molecule has 3 N–H and O–H groups in total. The third-order valence-corrected chi connectivity index (χ3v) is 2.91. The predicted octanol–water partition coefficient (Wildman–Crippen LogP) is 3.35. The van der Waals surface area contributed by atoms with Gasteiger partial charge in [0.15, 0.2) is 0 Å². The molecule has 1 aromatic rings. The molecule has 0 radical (unpaired) electrons. The highest BCUT2D eigenvalue weighted by Crippen LogP contribution is 2.44. The molecule has 0 aromatic heterocycles. The molecule has 2 atom stereocenters. The number of benzene rings is 1. The van der Waals surface area contributed by atoms with Gasteiger partial charge in [0.05, 0.1) is 17.2 Å². The van der Waals surface area contributed by atoms with Crippen LogP contribution in [0.4, 0.5) is 26.3 Å². The standard InChI is InChI=1S/C12H13F6NO/c1-6(5-19)10(20)7-3-2-4-8(11(13,14)15)9(7)12(16,17)18/h2-4,6,10,20H,5,19H2,1H3. The molecule has 1 aromatic carbocycles. The van der Waals surface area contributed by atoms with Crippen LogP contribution in [0.5, 0.6) is 0 Å². The number of aliphatic hydroxyl groups excluding tert-OH is 1. The largest absolute Gasteiger partial charge is 0.417 e. The molecule has 20 heavy (non-hydrogen) atoms. The molecule has 0 aliphatic carbocycles. The maximum absolute atomic E-state index is 12.9. The third-order valence-electron chi connectivity index (χ3n) is 2.91. The summed E-state index contributed by atoms with van der Waals surface area (Å²) in [6.45, 7) is 1.19. The first kappa shape index (κ1) is 16.8. The summed E-state index contributed by atoms with van der Waals surface area (Å²) in [5.41, 5.74) is 0.740. The topological polar surface area (TPSA) is 46.2 Å². The molecule has 0 amide bonds. The van der Waals surface area contributed by atoms with Crippen LogP contribution < -0.4 is 5.73 Å². The molecule has 114 valence electrons. The van der Waals surface area contributed by atoms with E-state index >= 15 is 0 Å². The average molecular weight is 301 g/mol. The number of alkyl halides is 6. The van der Waals surface area contributed by atoms with Crippen molar-refractivity contribution in [3.8, 4) is 0 Å². The average Bonchev–Trinajstić information content (AvgIpc) is 2.33. The van der Waals surface area contributed by atoms with E-state index < -0.39 is 41.1 Å². The number of rotatable bonds is 3. The Labute approximate surface area is 111 Å². The molecule has 0 heterocycles. The van der Waals surface area contributed by atoms with Gasteiger partial charge < -0.3 is 10.8 Å². The van der Waals surface area contributed by atoms with Crippen molar-refractivity contribution in [2.24, 2.45) is 11.7 Å². The summed E-state index contributed by atoms with van der Waals surface area (Å²) in [5, 5.41) is 9.78. The van der Waals surface area contributed by atoms with Crippen LogP contribution in [0, 0.1) is 5.92 Å². The van der Waals surface area contributed by atoms with Gasteiger partial charge in [0.25, 0.3) is 0 Å². The lowest BCUT2D eigenvalue weighted by Gasteiger charge is -2.24. The molecule has 0 saturated heterocycles. The fourth-order valence-corrected chi connectivity index (χ4v) is 1.80. The molecule has 0 fully saturated rings. The van der Waals surface area contributed by atoms with Crippen LogP contribution in [0.25, 0.3) is 0 Å². The van der Waals surface area contributed by atoms with E-state index in [1.165, 1.54) is 6.92 Å². The lowest BCUT2D eigenvalue weighted by molar-refractivity contribution is -0.163. The van der Waals surface area contributed by atoms with Crippen LogP contribution in [0.3, 0.4) is 0 Å². The summed E-state index contributed by atoms with van der Waals surface area (Å²) in [4.78, 5) is 0. The molecule has 0 spiro atoms. The Bertz CT molecular complexity index is 468. The Morgan fingerprint density at radius 1 is 1.10 bits per heavy atom. The molecule has 1 rings (SSSR count). The summed E-state index contributed by atoms with van der Waals surface area (Å²) in [6, 6.07) is 2.00. The summed E-state index contributed by atoms with van der Waals surface area (Å²) in [7, 11) is 0. The van der Waals surface area contributed by atoms with Gasteiger partial charge >= 0.3 is 12.4 Å². The van der Waals surface area contributed by atoms with Gasteiger partial charge in [-0.15, -0.1) is 0 Å². The second-order valence-corrected chi connectivity index (χ2v) is 4.42. The Balaban J connectivity index is 3.54. The molecule has 0 saturated carbocycles. The van der Waals surface area contributed by atoms with E-state index in [1.54, 1.807) is 0 Å². The van der Waals surface area contributed by atoms with Crippen molar-refractivity contribution >= 4 is 0 Å². The zero-order chi connectivity index (χ0) is 15.7. The van der Waals surface area contributed by atoms with Crippen LogP contribution in [-0.4, -0.2) is 11.7 Å². The van der Waals surface area contributed by atoms with Gasteiger partial charge in [0.2, 0.25) is 0 Å². The zero-order valence-electron chi connectivity index (χ0n) is 10.4. The van der Waals surface area contributed by atoms with E-state index in [1.807, 2.05) is 0 Å². The summed E-state index contributed by atoms with van der Waals surface area (Å²) >= 11 is 0. The number of aliphatic hydroxyl groups is 1. The number of nitrogens with two attached hydrogens (primary N) is 1. The maximum Gasteiger partial charge on any atom is 0.417 e. The highest BCUT2D eigenvalue weighted by molar-refractivity contribution is 5.40. The first-order valence-electron chi connectivity index (χ1n) is 5.65. The highest BCUT2D eigenvalue weighted by atomic mass is 19.4. The Morgan fingerprint density at radius 2 is 1.65 bits per heavy atom. The van der Waals surface area contributed by atoms with Crippen molar-refractivity contribution in [3.63, 3.8) is 0 Å². The normalized spacial score (nSPS) is 16.1. The van der Waals surface area contributed by atoms with Crippen molar-refractivity contribution in [1.82, 2.24) is 0 Å². The minimum Gasteiger partial charge on any atom is -0.388 e. The van der Waals surface area contributed by atoms with Gasteiger partial charge in [-0.05, 0) is 24.1 Å². The Hall–Kier alpha value is -1.28. The van der Waals surface area contributed by atoms with Crippen molar-refractivity contribution in [3.05, 3.63) is 34.9 Å². The van der Waals surface area contributed by atoms with Crippen LogP contribution in [0.1, 0.15) is 29.7 Å². The van der Waals surface area contributed by atoms with E-state index in [-0.39, 0.29) is 6.54 Å². The minimum absolute atomic E-state index is 0.158. The van der Waals surface area contributed by atoms with E-state index in [0.29, 0.717) is 6.07 Å². The van der Waals surface area contributed by atoms with Crippen molar-refractivity contribution in [2.45, 2.75) is 25.4 Å². The van der Waals surface area contributed by atoms with E-state index in [2.05, 4.69) is 0 Å².